The Morgan fingerprint density at radius 3 is 2.46 bits per heavy atom. The molecule has 1 aliphatic heterocycles. The van der Waals surface area contributed by atoms with Crippen LogP contribution in [0.15, 0.2) is 0 Å². The van der Waals surface area contributed by atoms with Crippen LogP contribution in [-0.4, -0.2) is 41.5 Å². The zero-order chi connectivity index (χ0) is 9.64. The predicted octanol–water partition coefficient (Wildman–Crippen LogP) is 0.658. The highest BCUT2D eigenvalue weighted by Gasteiger charge is 2.49. The van der Waals surface area contributed by atoms with Gasteiger partial charge in [-0.15, -0.1) is 0 Å². The second-order valence-electron chi connectivity index (χ2n) is 3.96. The third-order valence-corrected chi connectivity index (χ3v) is 2.79. The molecular weight excluding hydrogens is 180 g/mol. The first kappa shape index (κ1) is 8.87. The van der Waals surface area contributed by atoms with Gasteiger partial charge in [0.25, 0.3) is 0 Å². The number of piperidine rings is 1. The minimum atomic E-state index is -3.59. The summed E-state index contributed by atoms with van der Waals surface area (Å²) >= 11 is 0. The number of rotatable bonds is 3. The number of hydrogen-bond acceptors (Lipinski definition) is 2. The van der Waals surface area contributed by atoms with Gasteiger partial charge in [0.05, 0.1) is 6.54 Å². The molecule has 3 nitrogen and oxygen atoms in total. The second-order valence-corrected chi connectivity index (χ2v) is 3.96. The Hall–Kier alpha value is -0.710. The summed E-state index contributed by atoms with van der Waals surface area (Å²) in [5.74, 6) is -4.49. The number of carbonyl (C=O) groups is 1. The fourth-order valence-electron chi connectivity index (χ4n) is 1.97. The van der Waals surface area contributed by atoms with Gasteiger partial charge in [0.2, 0.25) is 0 Å². The number of carboxylic acids is 1. The van der Waals surface area contributed by atoms with Gasteiger partial charge in [-0.05, 0) is 18.3 Å². The fourth-order valence-corrected chi connectivity index (χ4v) is 1.97. The van der Waals surface area contributed by atoms with Crippen molar-refractivity contribution in [3.8, 4) is 0 Å². The van der Waals surface area contributed by atoms with Crippen molar-refractivity contribution in [1.29, 1.82) is 0 Å². The molecule has 0 aromatic rings. The van der Waals surface area contributed by atoms with E-state index < -0.39 is 18.4 Å². The molecule has 0 aromatic heterocycles. The van der Waals surface area contributed by atoms with Gasteiger partial charge in [0.1, 0.15) is 0 Å². The topological polar surface area (TPSA) is 40.5 Å². The molecule has 2 fully saturated rings. The van der Waals surface area contributed by atoms with Crippen LogP contribution in [0.1, 0.15) is 6.42 Å². The first-order valence-electron chi connectivity index (χ1n) is 4.32. The summed E-state index contributed by atoms with van der Waals surface area (Å²) in [5, 5.41) is 8.20. The number of alkyl halides is 2. The summed E-state index contributed by atoms with van der Waals surface area (Å²) in [4.78, 5) is 11.7. The summed E-state index contributed by atoms with van der Waals surface area (Å²) in [5.41, 5.74) is 0. The van der Waals surface area contributed by atoms with E-state index >= 15 is 0 Å². The Morgan fingerprint density at radius 1 is 1.46 bits per heavy atom. The summed E-state index contributed by atoms with van der Waals surface area (Å²) in [6.07, 6.45) is 1.13. The summed E-state index contributed by atoms with van der Waals surface area (Å²) in [7, 11) is 0. The average molecular weight is 191 g/mol. The van der Waals surface area contributed by atoms with Gasteiger partial charge in [-0.2, -0.15) is 8.78 Å². The van der Waals surface area contributed by atoms with Gasteiger partial charge in [-0.3, -0.25) is 4.90 Å². The smallest absolute Gasteiger partial charge is 0.375 e. The molecule has 2 rings (SSSR count). The van der Waals surface area contributed by atoms with Crippen molar-refractivity contribution in [2.45, 2.75) is 12.3 Å². The summed E-state index contributed by atoms with van der Waals surface area (Å²) in [6.45, 7) is 0.663. The second kappa shape index (κ2) is 2.64. The lowest BCUT2D eigenvalue weighted by Crippen LogP contribution is -2.42. The molecule has 0 radical (unpaired) electrons. The molecule has 5 heteroatoms. The van der Waals surface area contributed by atoms with Crippen LogP contribution in [0.5, 0.6) is 0 Å². The minimum Gasteiger partial charge on any atom is -0.477 e. The van der Waals surface area contributed by atoms with Gasteiger partial charge < -0.3 is 5.11 Å². The quantitative estimate of drug-likeness (QED) is 0.712. The molecular formula is C8H11F2NO2. The molecule has 2 unspecified atom stereocenters. The molecule has 13 heavy (non-hydrogen) atoms. The number of carboxylic acid groups (broad SMARTS) is 1. The molecule has 0 bridgehead atoms. The molecule has 0 aromatic carbocycles. The van der Waals surface area contributed by atoms with E-state index in [2.05, 4.69) is 0 Å². The normalized spacial score (nSPS) is 33.1. The summed E-state index contributed by atoms with van der Waals surface area (Å²) in [6, 6.07) is 0. The maximum Gasteiger partial charge on any atom is 0.375 e. The largest absolute Gasteiger partial charge is 0.477 e. The first-order valence-corrected chi connectivity index (χ1v) is 4.32. The number of halogens is 2. The van der Waals surface area contributed by atoms with Gasteiger partial charge in [0, 0.05) is 13.1 Å². The monoisotopic (exact) mass is 191 g/mol. The van der Waals surface area contributed by atoms with Crippen molar-refractivity contribution >= 4 is 5.97 Å². The number of fused-ring (bicyclic) bond motifs is 1. The van der Waals surface area contributed by atoms with E-state index in [4.69, 9.17) is 5.11 Å². The molecule has 0 amide bonds. The van der Waals surface area contributed by atoms with E-state index in [1.165, 1.54) is 0 Å². The van der Waals surface area contributed by atoms with Crippen LogP contribution in [-0.2, 0) is 4.79 Å². The average Bonchev–Trinajstić information content (AvgIpc) is 2.58. The van der Waals surface area contributed by atoms with Crippen molar-refractivity contribution < 1.29 is 18.7 Å². The maximum atomic E-state index is 12.7. The lowest BCUT2D eigenvalue weighted by atomic mass is 10.3. The lowest BCUT2D eigenvalue weighted by Gasteiger charge is -2.21. The van der Waals surface area contributed by atoms with Crippen molar-refractivity contribution in [1.82, 2.24) is 4.90 Å². The highest BCUT2D eigenvalue weighted by Crippen LogP contribution is 2.45. The molecule has 1 aliphatic carbocycles. The number of hydrogen-bond donors (Lipinski definition) is 1. The Kier molecular flexibility index (Phi) is 1.80. The van der Waals surface area contributed by atoms with Crippen molar-refractivity contribution in [2.75, 3.05) is 19.6 Å². The first-order chi connectivity index (χ1) is 5.99. The third kappa shape index (κ3) is 1.65. The number of aliphatic carboxylic acids is 1. The zero-order valence-corrected chi connectivity index (χ0v) is 7.04. The molecule has 1 heterocycles. The highest BCUT2D eigenvalue weighted by molar-refractivity contribution is 5.75. The van der Waals surface area contributed by atoms with Crippen molar-refractivity contribution in [3.63, 3.8) is 0 Å². The Balaban J connectivity index is 1.87. The van der Waals surface area contributed by atoms with Crippen LogP contribution < -0.4 is 0 Å². The van der Waals surface area contributed by atoms with Gasteiger partial charge in [-0.1, -0.05) is 0 Å². The van der Waals surface area contributed by atoms with E-state index in [0.29, 0.717) is 24.9 Å². The van der Waals surface area contributed by atoms with Gasteiger partial charge in [-0.25, -0.2) is 4.79 Å². The van der Waals surface area contributed by atoms with Crippen molar-refractivity contribution in [2.24, 2.45) is 11.8 Å². The molecule has 1 N–H and O–H groups in total. The van der Waals surface area contributed by atoms with Gasteiger partial charge >= 0.3 is 11.9 Å². The number of likely N-dealkylation sites (tertiary alicyclic amines) is 1. The predicted molar refractivity (Wildman–Crippen MR) is 40.6 cm³/mol. The molecule has 2 atom stereocenters. The van der Waals surface area contributed by atoms with E-state index in [0.717, 1.165) is 6.42 Å². The summed E-state index contributed by atoms with van der Waals surface area (Å²) < 4.78 is 25.4. The van der Waals surface area contributed by atoms with E-state index in [9.17, 15) is 13.6 Å². The Morgan fingerprint density at radius 2 is 2.00 bits per heavy atom. The molecule has 74 valence electrons. The van der Waals surface area contributed by atoms with E-state index in [1.54, 1.807) is 4.90 Å². The maximum absolute atomic E-state index is 12.7. The fraction of sp³-hybridized carbons (Fsp3) is 0.875. The van der Waals surface area contributed by atoms with Crippen LogP contribution in [0, 0.1) is 11.8 Å². The lowest BCUT2D eigenvalue weighted by molar-refractivity contribution is -0.167. The van der Waals surface area contributed by atoms with Crippen LogP contribution >= 0.6 is 0 Å². The van der Waals surface area contributed by atoms with Crippen LogP contribution in [0.2, 0.25) is 0 Å². The Labute approximate surface area is 74.3 Å². The SMILES string of the molecule is O=C(O)C(F)(F)CN1CC2CC2C1. The Bertz CT molecular complexity index is 234. The molecule has 2 aliphatic rings. The molecule has 1 saturated heterocycles. The number of nitrogens with zero attached hydrogens (tertiary/aromatic N) is 1. The van der Waals surface area contributed by atoms with Crippen LogP contribution in [0.3, 0.4) is 0 Å². The zero-order valence-electron chi connectivity index (χ0n) is 7.04. The third-order valence-electron chi connectivity index (χ3n) is 2.79. The van der Waals surface area contributed by atoms with Crippen LogP contribution in [0.25, 0.3) is 0 Å². The minimum absolute atomic E-state index is 0.560. The molecule has 0 spiro atoms. The van der Waals surface area contributed by atoms with E-state index in [1.807, 2.05) is 0 Å². The van der Waals surface area contributed by atoms with Gasteiger partial charge in [0.15, 0.2) is 0 Å². The standard InChI is InChI=1S/C8H11F2NO2/c9-8(10,7(12)13)4-11-2-5-1-6(5)3-11/h5-6H,1-4H2,(H,12,13). The van der Waals surface area contributed by atoms with Crippen LogP contribution in [0.4, 0.5) is 8.78 Å². The highest BCUT2D eigenvalue weighted by atomic mass is 19.3. The molecule has 1 saturated carbocycles. The van der Waals surface area contributed by atoms with E-state index in [-0.39, 0.29) is 0 Å². The van der Waals surface area contributed by atoms with Crippen molar-refractivity contribution in [3.05, 3.63) is 0 Å².